The fraction of sp³-hybridized carbons (Fsp3) is 0.0769. The standard InChI is InChI=1S/C13H6Cl3F3O/c14-9-3-6(4-10(15)12(9)16)8-2-1-7(5-11(8)17)20-13(18)19/h1-5,13H. The van der Waals surface area contributed by atoms with Crippen molar-refractivity contribution in [3.63, 3.8) is 0 Å². The first-order chi connectivity index (χ1) is 9.38. The number of alkyl halides is 2. The normalized spacial score (nSPS) is 10.9. The zero-order valence-electron chi connectivity index (χ0n) is 9.64. The van der Waals surface area contributed by atoms with Crippen molar-refractivity contribution in [2.24, 2.45) is 0 Å². The second kappa shape index (κ2) is 6.12. The Kier molecular flexibility index (Phi) is 4.68. The third-order valence-corrected chi connectivity index (χ3v) is 3.66. The van der Waals surface area contributed by atoms with Crippen LogP contribution >= 0.6 is 34.8 Å². The highest BCUT2D eigenvalue weighted by atomic mass is 35.5. The van der Waals surface area contributed by atoms with E-state index in [-0.39, 0.29) is 26.4 Å². The summed E-state index contributed by atoms with van der Waals surface area (Å²) in [5.74, 6) is -1.01. The molecule has 0 aliphatic heterocycles. The average Bonchev–Trinajstić information content (AvgIpc) is 2.34. The zero-order chi connectivity index (χ0) is 14.9. The highest BCUT2D eigenvalue weighted by molar-refractivity contribution is 6.48. The third kappa shape index (κ3) is 3.32. The monoisotopic (exact) mass is 340 g/mol. The molecular weight excluding hydrogens is 335 g/mol. The van der Waals surface area contributed by atoms with Gasteiger partial charge < -0.3 is 4.74 Å². The predicted octanol–water partition coefficient (Wildman–Crippen LogP) is 6.05. The van der Waals surface area contributed by atoms with Crippen LogP contribution in [-0.2, 0) is 0 Å². The van der Waals surface area contributed by atoms with E-state index in [9.17, 15) is 13.2 Å². The Balaban J connectivity index is 2.43. The van der Waals surface area contributed by atoms with Crippen molar-refractivity contribution >= 4 is 34.8 Å². The van der Waals surface area contributed by atoms with Crippen LogP contribution in [0.5, 0.6) is 5.75 Å². The highest BCUT2D eigenvalue weighted by Crippen LogP contribution is 2.36. The first-order valence-corrected chi connectivity index (χ1v) is 6.41. The molecule has 0 atom stereocenters. The van der Waals surface area contributed by atoms with Crippen LogP contribution in [0.4, 0.5) is 13.2 Å². The Hall–Kier alpha value is -1.10. The lowest BCUT2D eigenvalue weighted by molar-refractivity contribution is -0.0499. The van der Waals surface area contributed by atoms with E-state index in [1.807, 2.05) is 0 Å². The fourth-order valence-corrected chi connectivity index (χ4v) is 2.21. The van der Waals surface area contributed by atoms with Gasteiger partial charge in [-0.3, -0.25) is 0 Å². The summed E-state index contributed by atoms with van der Waals surface area (Å²) in [7, 11) is 0. The van der Waals surface area contributed by atoms with Crippen LogP contribution in [0.25, 0.3) is 11.1 Å². The lowest BCUT2D eigenvalue weighted by atomic mass is 10.1. The molecule has 0 heterocycles. The van der Waals surface area contributed by atoms with E-state index < -0.39 is 12.4 Å². The van der Waals surface area contributed by atoms with Crippen molar-refractivity contribution in [2.75, 3.05) is 0 Å². The van der Waals surface area contributed by atoms with Gasteiger partial charge in [-0.1, -0.05) is 34.8 Å². The number of hydrogen-bond acceptors (Lipinski definition) is 1. The van der Waals surface area contributed by atoms with Crippen molar-refractivity contribution in [3.8, 4) is 16.9 Å². The van der Waals surface area contributed by atoms with Crippen molar-refractivity contribution in [3.05, 3.63) is 51.2 Å². The highest BCUT2D eigenvalue weighted by Gasteiger charge is 2.13. The molecule has 0 bridgehead atoms. The molecule has 106 valence electrons. The first-order valence-electron chi connectivity index (χ1n) is 5.27. The van der Waals surface area contributed by atoms with Crippen LogP contribution in [0.1, 0.15) is 0 Å². The molecule has 0 saturated carbocycles. The van der Waals surface area contributed by atoms with Gasteiger partial charge in [0.1, 0.15) is 11.6 Å². The van der Waals surface area contributed by atoms with E-state index in [0.29, 0.717) is 5.56 Å². The maximum atomic E-state index is 13.9. The molecule has 0 aromatic heterocycles. The Morgan fingerprint density at radius 3 is 2.05 bits per heavy atom. The van der Waals surface area contributed by atoms with Gasteiger partial charge in [-0.25, -0.2) is 4.39 Å². The quantitative estimate of drug-likeness (QED) is 0.617. The molecule has 0 fully saturated rings. The van der Waals surface area contributed by atoms with Crippen molar-refractivity contribution in [1.82, 2.24) is 0 Å². The van der Waals surface area contributed by atoms with E-state index >= 15 is 0 Å². The molecule has 7 heteroatoms. The molecule has 0 aliphatic rings. The first kappa shape index (κ1) is 15.3. The third-order valence-electron chi connectivity index (χ3n) is 2.46. The summed E-state index contributed by atoms with van der Waals surface area (Å²) >= 11 is 17.5. The SMILES string of the molecule is Fc1cc(OC(F)F)ccc1-c1cc(Cl)c(Cl)c(Cl)c1. The van der Waals surface area contributed by atoms with Crippen LogP contribution in [-0.4, -0.2) is 6.61 Å². The molecule has 2 aromatic rings. The minimum absolute atomic E-state index is 0.145. The maximum Gasteiger partial charge on any atom is 0.387 e. The van der Waals surface area contributed by atoms with E-state index in [0.717, 1.165) is 6.07 Å². The van der Waals surface area contributed by atoms with E-state index in [1.165, 1.54) is 24.3 Å². The van der Waals surface area contributed by atoms with Crippen LogP contribution < -0.4 is 4.74 Å². The number of rotatable bonds is 3. The smallest absolute Gasteiger partial charge is 0.387 e. The minimum Gasteiger partial charge on any atom is -0.435 e. The molecule has 0 spiro atoms. The second-order valence-electron chi connectivity index (χ2n) is 3.77. The number of benzene rings is 2. The van der Waals surface area contributed by atoms with Crippen LogP contribution in [0.2, 0.25) is 15.1 Å². The maximum absolute atomic E-state index is 13.9. The van der Waals surface area contributed by atoms with Crippen molar-refractivity contribution in [2.45, 2.75) is 6.61 Å². The minimum atomic E-state index is -3.01. The summed E-state index contributed by atoms with van der Waals surface area (Å²) in [5, 5.41) is 0.498. The topological polar surface area (TPSA) is 9.23 Å². The number of hydrogen-bond donors (Lipinski definition) is 0. The van der Waals surface area contributed by atoms with Gasteiger partial charge in [0.05, 0.1) is 15.1 Å². The van der Waals surface area contributed by atoms with Gasteiger partial charge in [-0.2, -0.15) is 8.78 Å². The summed E-state index contributed by atoms with van der Waals surface area (Å²) in [6.07, 6.45) is 0. The van der Waals surface area contributed by atoms with Crippen LogP contribution in [0.15, 0.2) is 30.3 Å². The summed E-state index contributed by atoms with van der Waals surface area (Å²) in [6.45, 7) is -3.01. The number of ether oxygens (including phenoxy) is 1. The lowest BCUT2D eigenvalue weighted by Crippen LogP contribution is -2.02. The van der Waals surface area contributed by atoms with E-state index in [4.69, 9.17) is 34.8 Å². The summed E-state index contributed by atoms with van der Waals surface area (Å²) in [4.78, 5) is 0. The number of halogens is 6. The molecule has 0 saturated heterocycles. The average molecular weight is 342 g/mol. The van der Waals surface area contributed by atoms with Gasteiger partial charge in [0.15, 0.2) is 0 Å². The molecule has 0 amide bonds. The van der Waals surface area contributed by atoms with Crippen LogP contribution in [0.3, 0.4) is 0 Å². The Labute approximate surface area is 127 Å². The van der Waals surface area contributed by atoms with E-state index in [1.54, 1.807) is 0 Å². The molecule has 1 nitrogen and oxygen atoms in total. The molecule has 0 radical (unpaired) electrons. The van der Waals surface area contributed by atoms with Gasteiger partial charge >= 0.3 is 6.61 Å². The van der Waals surface area contributed by atoms with Gasteiger partial charge in [-0.15, -0.1) is 0 Å². The summed E-state index contributed by atoms with van der Waals surface area (Å²) in [6, 6.07) is 6.24. The lowest BCUT2D eigenvalue weighted by Gasteiger charge is -2.09. The molecular formula is C13H6Cl3F3O. The predicted molar refractivity (Wildman–Crippen MR) is 73.5 cm³/mol. The molecule has 2 rings (SSSR count). The Bertz CT molecular complexity index is 624. The van der Waals surface area contributed by atoms with Crippen molar-refractivity contribution in [1.29, 1.82) is 0 Å². The van der Waals surface area contributed by atoms with Crippen LogP contribution in [0, 0.1) is 5.82 Å². The van der Waals surface area contributed by atoms with Gasteiger partial charge in [0, 0.05) is 11.6 Å². The summed E-state index contributed by atoms with van der Waals surface area (Å²) < 4.78 is 42.1. The second-order valence-corrected chi connectivity index (χ2v) is 4.97. The van der Waals surface area contributed by atoms with Gasteiger partial charge in [-0.05, 0) is 29.8 Å². The fourth-order valence-electron chi connectivity index (χ4n) is 1.62. The van der Waals surface area contributed by atoms with Gasteiger partial charge in [0.2, 0.25) is 0 Å². The van der Waals surface area contributed by atoms with E-state index in [2.05, 4.69) is 4.74 Å². The largest absolute Gasteiger partial charge is 0.435 e. The molecule has 0 aliphatic carbocycles. The van der Waals surface area contributed by atoms with Gasteiger partial charge in [0.25, 0.3) is 0 Å². The molecule has 2 aromatic carbocycles. The molecule has 0 unspecified atom stereocenters. The zero-order valence-corrected chi connectivity index (χ0v) is 11.9. The molecule has 20 heavy (non-hydrogen) atoms. The molecule has 0 N–H and O–H groups in total. The van der Waals surface area contributed by atoms with Crippen molar-refractivity contribution < 1.29 is 17.9 Å². The Morgan fingerprint density at radius 1 is 0.950 bits per heavy atom. The summed E-state index contributed by atoms with van der Waals surface area (Å²) in [5.41, 5.74) is 0.526. The Morgan fingerprint density at radius 2 is 1.55 bits per heavy atom.